The molecule has 2 fully saturated rings. The first-order chi connectivity index (χ1) is 19.7. The Kier molecular flexibility index (Phi) is 11.4. The van der Waals surface area contributed by atoms with Crippen LogP contribution in [0, 0.1) is 6.92 Å². The Morgan fingerprint density at radius 1 is 1.02 bits per heavy atom. The molecule has 12 heteroatoms. The molecule has 0 radical (unpaired) electrons. The smallest absolute Gasteiger partial charge is 0.238 e. The molecular weight excluding hydrogens is 532 g/mol. The number of aryl methyl sites for hydroxylation is 1. The van der Waals surface area contributed by atoms with Crippen molar-refractivity contribution >= 4 is 0 Å². The lowest BCUT2D eigenvalue weighted by atomic mass is 9.96. The molecule has 0 amide bonds. The topological polar surface area (TPSA) is 164 Å². The van der Waals surface area contributed by atoms with Crippen molar-refractivity contribution in [2.75, 3.05) is 59.1 Å². The van der Waals surface area contributed by atoms with Gasteiger partial charge in [0.15, 0.2) is 0 Å². The molecule has 2 aromatic rings. The number of benzene rings is 1. The molecule has 5 atom stereocenters. The van der Waals surface area contributed by atoms with Gasteiger partial charge >= 0.3 is 0 Å². The third kappa shape index (κ3) is 7.96. The summed E-state index contributed by atoms with van der Waals surface area (Å²) in [6.45, 7) is 12.2. The monoisotopic (exact) mass is 578 g/mol. The lowest BCUT2D eigenvalue weighted by Crippen LogP contribution is -2.60. The van der Waals surface area contributed by atoms with Crippen molar-refractivity contribution in [3.8, 4) is 11.6 Å². The van der Waals surface area contributed by atoms with Crippen LogP contribution in [-0.2, 0) is 11.2 Å². The largest absolute Gasteiger partial charge is 0.494 e. The van der Waals surface area contributed by atoms with E-state index in [1.807, 2.05) is 39.0 Å². The zero-order chi connectivity index (χ0) is 29.5. The van der Waals surface area contributed by atoms with Crippen molar-refractivity contribution in [3.05, 3.63) is 40.6 Å². The van der Waals surface area contributed by atoms with Gasteiger partial charge in [0.25, 0.3) is 0 Å². The van der Waals surface area contributed by atoms with Gasteiger partial charge in [-0.05, 0) is 42.5 Å². The van der Waals surface area contributed by atoms with Gasteiger partial charge in [-0.3, -0.25) is 10.00 Å². The van der Waals surface area contributed by atoms with E-state index in [0.717, 1.165) is 73.8 Å². The average molecular weight is 579 g/mol. The lowest BCUT2D eigenvalue weighted by Gasteiger charge is -2.39. The number of ether oxygens (including phenoxy) is 3. The third-order valence-electron chi connectivity index (χ3n) is 7.96. The maximum Gasteiger partial charge on any atom is 0.238 e. The third-order valence-corrected chi connectivity index (χ3v) is 7.96. The van der Waals surface area contributed by atoms with E-state index >= 15 is 0 Å². The predicted molar refractivity (Wildman–Crippen MR) is 151 cm³/mol. The van der Waals surface area contributed by atoms with Crippen LogP contribution in [0.1, 0.15) is 48.6 Å². The molecule has 0 saturated carbocycles. The number of H-pyrrole nitrogens is 1. The van der Waals surface area contributed by atoms with Crippen LogP contribution in [0.4, 0.5) is 0 Å². The summed E-state index contributed by atoms with van der Waals surface area (Å²) in [4.78, 5) is 4.72. The number of hydrogen-bond donors (Lipinski definition) is 6. The standard InChI is InChI=1S/C29H46N4O8/c1-18(2)24-22(28(31-30-24)41-29-27(38)26(37)25(36)23(17-35)40-29)16-20-5-6-21(15-19(20)3)39-14-4-7-32-8-10-33(11-9-32)12-13-34/h5-6,15,18,23,25-27,29,34-38H,4,7-14,16-17H2,1-3H3,(H,30,31)/t23-,25-,26+,27-,29+/m1/s1. The van der Waals surface area contributed by atoms with Crippen LogP contribution < -0.4 is 9.47 Å². The molecule has 6 N–H and O–H groups in total. The minimum atomic E-state index is -1.53. The number of nitrogens with one attached hydrogen (secondary N) is 1. The Balaban J connectivity index is 1.35. The highest BCUT2D eigenvalue weighted by Crippen LogP contribution is 2.32. The maximum atomic E-state index is 10.4. The lowest BCUT2D eigenvalue weighted by molar-refractivity contribution is -0.278. The van der Waals surface area contributed by atoms with Crippen LogP contribution >= 0.6 is 0 Å². The summed E-state index contributed by atoms with van der Waals surface area (Å²) in [5, 5.41) is 56.6. The van der Waals surface area contributed by atoms with E-state index in [0.29, 0.717) is 13.0 Å². The van der Waals surface area contributed by atoms with E-state index in [9.17, 15) is 20.4 Å². The first-order valence-corrected chi connectivity index (χ1v) is 14.5. The van der Waals surface area contributed by atoms with Gasteiger partial charge in [0.2, 0.25) is 12.2 Å². The maximum absolute atomic E-state index is 10.4. The first-order valence-electron chi connectivity index (χ1n) is 14.5. The molecule has 3 heterocycles. The van der Waals surface area contributed by atoms with Gasteiger partial charge in [-0.15, -0.1) is 5.10 Å². The molecule has 0 spiro atoms. The second kappa shape index (κ2) is 14.7. The number of β-amino-alcohol motifs (C(OH)–C–C–N with tert-alkyl or cyclic N) is 1. The predicted octanol–water partition coefficient (Wildman–Crippen LogP) is -0.0102. The molecule has 2 saturated heterocycles. The number of aliphatic hydroxyl groups is 5. The van der Waals surface area contributed by atoms with Gasteiger partial charge in [0, 0.05) is 56.9 Å². The van der Waals surface area contributed by atoms with E-state index in [2.05, 4.69) is 20.0 Å². The normalized spacial score (nSPS) is 26.0. The number of aliphatic hydroxyl groups excluding tert-OH is 5. The molecule has 2 aliphatic heterocycles. The average Bonchev–Trinajstić information content (AvgIpc) is 3.36. The van der Waals surface area contributed by atoms with Gasteiger partial charge in [0.1, 0.15) is 30.2 Å². The van der Waals surface area contributed by atoms with Gasteiger partial charge in [-0.2, -0.15) is 0 Å². The van der Waals surface area contributed by atoms with Crippen molar-refractivity contribution in [1.29, 1.82) is 0 Å². The van der Waals surface area contributed by atoms with Crippen LogP contribution in [0.5, 0.6) is 11.6 Å². The highest BCUT2D eigenvalue weighted by molar-refractivity contribution is 5.42. The second-order valence-electron chi connectivity index (χ2n) is 11.3. The van der Waals surface area contributed by atoms with Crippen LogP contribution in [0.15, 0.2) is 18.2 Å². The summed E-state index contributed by atoms with van der Waals surface area (Å²) < 4.78 is 17.5. The SMILES string of the molecule is Cc1cc(OCCCN2CCN(CCO)CC2)ccc1Cc1c(O[C@@H]2O[C@H](CO)[C@@H](O)[C@H](O)[C@H]2O)n[nH]c1C(C)C. The van der Waals surface area contributed by atoms with Crippen molar-refractivity contribution < 1.29 is 39.7 Å². The number of aromatic nitrogens is 2. The number of aromatic amines is 1. The highest BCUT2D eigenvalue weighted by atomic mass is 16.7. The fourth-order valence-corrected chi connectivity index (χ4v) is 5.38. The van der Waals surface area contributed by atoms with Gasteiger partial charge in [-0.25, -0.2) is 0 Å². The number of hydrogen-bond acceptors (Lipinski definition) is 11. The summed E-state index contributed by atoms with van der Waals surface area (Å²) in [6, 6.07) is 6.01. The quantitative estimate of drug-likeness (QED) is 0.177. The summed E-state index contributed by atoms with van der Waals surface area (Å²) in [6.07, 6.45) is -5.45. The van der Waals surface area contributed by atoms with E-state index in [1.54, 1.807) is 0 Å². The van der Waals surface area contributed by atoms with E-state index < -0.39 is 37.3 Å². The van der Waals surface area contributed by atoms with Crippen molar-refractivity contribution in [3.63, 3.8) is 0 Å². The summed E-state index contributed by atoms with van der Waals surface area (Å²) in [7, 11) is 0. The molecule has 1 aromatic carbocycles. The summed E-state index contributed by atoms with van der Waals surface area (Å²) in [5.74, 6) is 1.16. The number of nitrogens with zero attached hydrogens (tertiary/aromatic N) is 3. The van der Waals surface area contributed by atoms with Crippen LogP contribution in [0.3, 0.4) is 0 Å². The molecule has 41 heavy (non-hydrogen) atoms. The Morgan fingerprint density at radius 3 is 2.37 bits per heavy atom. The highest BCUT2D eigenvalue weighted by Gasteiger charge is 2.45. The fourth-order valence-electron chi connectivity index (χ4n) is 5.38. The zero-order valence-corrected chi connectivity index (χ0v) is 24.3. The summed E-state index contributed by atoms with van der Waals surface area (Å²) in [5.41, 5.74) is 3.78. The van der Waals surface area contributed by atoms with Crippen LogP contribution in [0.25, 0.3) is 0 Å². The van der Waals surface area contributed by atoms with Crippen molar-refractivity contribution in [1.82, 2.24) is 20.0 Å². The Hall–Kier alpha value is -2.29. The van der Waals surface area contributed by atoms with Crippen LogP contribution in [0.2, 0.25) is 0 Å². The Labute approximate surface area is 241 Å². The van der Waals surface area contributed by atoms with E-state index in [-0.39, 0.29) is 18.4 Å². The van der Waals surface area contributed by atoms with Gasteiger partial charge < -0.3 is 44.6 Å². The molecular formula is C29H46N4O8. The molecule has 0 bridgehead atoms. The van der Waals surface area contributed by atoms with Crippen molar-refractivity contribution in [2.45, 2.75) is 70.2 Å². The summed E-state index contributed by atoms with van der Waals surface area (Å²) >= 11 is 0. The second-order valence-corrected chi connectivity index (χ2v) is 11.3. The first kappa shape index (κ1) is 31.6. The van der Waals surface area contributed by atoms with E-state index in [1.165, 1.54) is 0 Å². The molecule has 1 aromatic heterocycles. The molecule has 0 aliphatic carbocycles. The fraction of sp³-hybridized carbons (Fsp3) is 0.690. The van der Waals surface area contributed by atoms with Crippen molar-refractivity contribution in [2.24, 2.45) is 0 Å². The molecule has 12 nitrogen and oxygen atoms in total. The number of rotatable bonds is 13. The van der Waals surface area contributed by atoms with E-state index in [4.69, 9.17) is 19.3 Å². The Bertz CT molecular complexity index is 1090. The molecule has 230 valence electrons. The number of piperazine rings is 1. The van der Waals surface area contributed by atoms with Gasteiger partial charge in [0.05, 0.1) is 19.8 Å². The minimum Gasteiger partial charge on any atom is -0.494 e. The van der Waals surface area contributed by atoms with Gasteiger partial charge in [-0.1, -0.05) is 19.9 Å². The Morgan fingerprint density at radius 2 is 1.73 bits per heavy atom. The zero-order valence-electron chi connectivity index (χ0n) is 24.3. The molecule has 0 unspecified atom stereocenters. The van der Waals surface area contributed by atoms with Crippen LogP contribution in [-0.4, -0.2) is 135 Å². The minimum absolute atomic E-state index is 0.116. The molecule has 2 aliphatic rings. The molecule has 4 rings (SSSR count).